The minimum atomic E-state index is 0.301. The van der Waals surface area contributed by atoms with Gasteiger partial charge in [-0.2, -0.15) is 11.8 Å². The fraction of sp³-hybridized carbons (Fsp3) is 0.636. The Labute approximate surface area is 105 Å². The zero-order valence-corrected chi connectivity index (χ0v) is 11.2. The van der Waals surface area contributed by atoms with Gasteiger partial charge in [0.05, 0.1) is 7.11 Å². The van der Waals surface area contributed by atoms with Gasteiger partial charge in [-0.05, 0) is 24.3 Å². The van der Waals surface area contributed by atoms with E-state index in [2.05, 4.69) is 11.4 Å². The highest BCUT2D eigenvalue weighted by molar-refractivity contribution is 7.99. The summed E-state index contributed by atoms with van der Waals surface area (Å²) in [6.45, 7) is 2.22. The molecule has 92 valence electrons. The van der Waals surface area contributed by atoms with Crippen LogP contribution in [0.25, 0.3) is 0 Å². The van der Waals surface area contributed by atoms with E-state index in [9.17, 15) is 0 Å². The minimum absolute atomic E-state index is 0.301. The highest BCUT2D eigenvalue weighted by Gasteiger charge is 1.98. The Hall–Kier alpha value is -0.230. The molecule has 0 radical (unpaired) electrons. The molecule has 1 rings (SSSR count). The van der Waals surface area contributed by atoms with Crippen LogP contribution in [0.15, 0.2) is 12.1 Å². The molecule has 0 saturated carbocycles. The Kier molecular flexibility index (Phi) is 7.67. The van der Waals surface area contributed by atoms with Crippen molar-refractivity contribution < 1.29 is 9.84 Å². The lowest BCUT2D eigenvalue weighted by Gasteiger charge is -2.02. The molecule has 0 aromatic carbocycles. The van der Waals surface area contributed by atoms with E-state index < -0.39 is 0 Å². The largest absolute Gasteiger partial charge is 0.487 e. The van der Waals surface area contributed by atoms with E-state index >= 15 is 0 Å². The number of nitrogens with one attached hydrogen (secondary N) is 1. The number of thiophene rings is 1. The molecule has 1 heterocycles. The second kappa shape index (κ2) is 8.87. The summed E-state index contributed by atoms with van der Waals surface area (Å²) >= 11 is 3.56. The molecule has 0 amide bonds. The average molecular weight is 261 g/mol. The number of hydrogen-bond donors (Lipinski definition) is 2. The molecule has 0 atom stereocenters. The summed E-state index contributed by atoms with van der Waals surface area (Å²) in [7, 11) is 1.70. The predicted octanol–water partition coefficient (Wildman–Crippen LogP) is 1.96. The van der Waals surface area contributed by atoms with E-state index in [4.69, 9.17) is 9.84 Å². The van der Waals surface area contributed by atoms with Crippen molar-refractivity contribution in [3.8, 4) is 5.06 Å². The van der Waals surface area contributed by atoms with Crippen LogP contribution in [0.1, 0.15) is 11.3 Å². The van der Waals surface area contributed by atoms with Crippen LogP contribution < -0.4 is 10.1 Å². The van der Waals surface area contributed by atoms with Crippen molar-refractivity contribution in [3.63, 3.8) is 0 Å². The zero-order chi connectivity index (χ0) is 11.6. The second-order valence-electron chi connectivity index (χ2n) is 3.29. The first-order valence-electron chi connectivity index (χ1n) is 5.39. The molecule has 0 saturated heterocycles. The van der Waals surface area contributed by atoms with Crippen molar-refractivity contribution >= 4 is 23.1 Å². The summed E-state index contributed by atoms with van der Waals surface area (Å²) in [5, 5.41) is 13.0. The second-order valence-corrected chi connectivity index (χ2v) is 5.65. The Morgan fingerprint density at radius 1 is 1.44 bits per heavy atom. The Bertz CT molecular complexity index is 279. The van der Waals surface area contributed by atoms with Crippen molar-refractivity contribution in [1.82, 2.24) is 5.32 Å². The lowest BCUT2D eigenvalue weighted by molar-refractivity contribution is 0.296. The summed E-state index contributed by atoms with van der Waals surface area (Å²) in [5.41, 5.74) is 0. The molecule has 0 aliphatic rings. The van der Waals surface area contributed by atoms with Gasteiger partial charge in [0, 0.05) is 30.3 Å². The van der Waals surface area contributed by atoms with E-state index in [1.54, 1.807) is 18.4 Å². The molecule has 0 fully saturated rings. The molecule has 16 heavy (non-hydrogen) atoms. The standard InChI is InChI=1S/C11H19NO2S2/c1-14-11-4-3-10(16-11)9-12-5-8-15-7-2-6-13/h3-4,12-13H,2,5-9H2,1H3. The molecule has 1 aromatic heterocycles. The van der Waals surface area contributed by atoms with Crippen LogP contribution in [0.4, 0.5) is 0 Å². The Morgan fingerprint density at radius 2 is 2.31 bits per heavy atom. The quantitative estimate of drug-likeness (QED) is 0.667. The molecule has 5 heteroatoms. The topological polar surface area (TPSA) is 41.5 Å². The smallest absolute Gasteiger partial charge is 0.173 e. The number of ether oxygens (including phenoxy) is 1. The lowest BCUT2D eigenvalue weighted by atomic mass is 10.4. The monoisotopic (exact) mass is 261 g/mol. The molecule has 0 aliphatic heterocycles. The van der Waals surface area contributed by atoms with Gasteiger partial charge >= 0.3 is 0 Å². The van der Waals surface area contributed by atoms with Gasteiger partial charge in [0.15, 0.2) is 5.06 Å². The van der Waals surface area contributed by atoms with Crippen LogP contribution >= 0.6 is 23.1 Å². The maximum absolute atomic E-state index is 8.60. The predicted molar refractivity (Wildman–Crippen MR) is 71.6 cm³/mol. The molecule has 0 unspecified atom stereocenters. The van der Waals surface area contributed by atoms with Gasteiger partial charge in [-0.1, -0.05) is 0 Å². The van der Waals surface area contributed by atoms with Crippen LogP contribution in [0.2, 0.25) is 0 Å². The van der Waals surface area contributed by atoms with Gasteiger partial charge < -0.3 is 15.2 Å². The first kappa shape index (κ1) is 13.8. The molecule has 0 bridgehead atoms. The molecular weight excluding hydrogens is 242 g/mol. The van der Waals surface area contributed by atoms with Gasteiger partial charge in [-0.3, -0.25) is 0 Å². The van der Waals surface area contributed by atoms with Gasteiger partial charge in [0.1, 0.15) is 0 Å². The fourth-order valence-corrected chi connectivity index (χ4v) is 2.80. The first-order chi connectivity index (χ1) is 7.86. The number of aliphatic hydroxyl groups excluding tert-OH is 1. The van der Waals surface area contributed by atoms with Gasteiger partial charge in [-0.15, -0.1) is 11.3 Å². The number of aliphatic hydroxyl groups is 1. The van der Waals surface area contributed by atoms with Crippen molar-refractivity contribution in [3.05, 3.63) is 17.0 Å². The highest BCUT2D eigenvalue weighted by Crippen LogP contribution is 2.23. The van der Waals surface area contributed by atoms with Gasteiger partial charge in [-0.25, -0.2) is 0 Å². The normalized spacial score (nSPS) is 10.6. The summed E-state index contributed by atoms with van der Waals surface area (Å²) in [6.07, 6.45) is 0.896. The molecule has 0 aliphatic carbocycles. The van der Waals surface area contributed by atoms with Crippen LogP contribution in [-0.2, 0) is 6.54 Å². The van der Waals surface area contributed by atoms with Gasteiger partial charge in [0.2, 0.25) is 0 Å². The zero-order valence-electron chi connectivity index (χ0n) is 9.57. The van der Waals surface area contributed by atoms with Crippen LogP contribution in [-0.4, -0.2) is 36.9 Å². The average Bonchev–Trinajstić information content (AvgIpc) is 2.76. The van der Waals surface area contributed by atoms with Crippen LogP contribution in [0.5, 0.6) is 5.06 Å². The molecule has 2 N–H and O–H groups in total. The number of hydrogen-bond acceptors (Lipinski definition) is 5. The SMILES string of the molecule is COc1ccc(CNCCSCCCO)s1. The lowest BCUT2D eigenvalue weighted by Crippen LogP contribution is -2.15. The first-order valence-corrected chi connectivity index (χ1v) is 7.36. The minimum Gasteiger partial charge on any atom is -0.487 e. The van der Waals surface area contributed by atoms with Crippen LogP contribution in [0.3, 0.4) is 0 Å². The molecule has 1 aromatic rings. The summed E-state index contributed by atoms with van der Waals surface area (Å²) < 4.78 is 5.13. The summed E-state index contributed by atoms with van der Waals surface area (Å²) in [4.78, 5) is 1.30. The van der Waals surface area contributed by atoms with Crippen molar-refractivity contribution in [2.24, 2.45) is 0 Å². The Balaban J connectivity index is 1.98. The molecular formula is C11H19NO2S2. The van der Waals surface area contributed by atoms with E-state index in [1.165, 1.54) is 4.88 Å². The third kappa shape index (κ3) is 5.75. The van der Waals surface area contributed by atoms with Crippen molar-refractivity contribution in [2.75, 3.05) is 31.8 Å². The van der Waals surface area contributed by atoms with E-state index in [0.717, 1.165) is 36.1 Å². The van der Waals surface area contributed by atoms with E-state index in [1.807, 2.05) is 17.8 Å². The number of thioether (sulfide) groups is 1. The third-order valence-electron chi connectivity index (χ3n) is 2.01. The maximum atomic E-state index is 8.60. The summed E-state index contributed by atoms with van der Waals surface area (Å²) in [5.74, 6) is 2.15. The van der Waals surface area contributed by atoms with Crippen molar-refractivity contribution in [1.29, 1.82) is 0 Å². The molecule has 3 nitrogen and oxygen atoms in total. The van der Waals surface area contributed by atoms with E-state index in [-0.39, 0.29) is 0 Å². The Morgan fingerprint density at radius 3 is 3.00 bits per heavy atom. The number of methoxy groups -OCH3 is 1. The van der Waals surface area contributed by atoms with E-state index in [0.29, 0.717) is 6.61 Å². The maximum Gasteiger partial charge on any atom is 0.173 e. The van der Waals surface area contributed by atoms with Crippen molar-refractivity contribution in [2.45, 2.75) is 13.0 Å². The highest BCUT2D eigenvalue weighted by atomic mass is 32.2. The number of rotatable bonds is 9. The summed E-state index contributed by atoms with van der Waals surface area (Å²) in [6, 6.07) is 4.09. The third-order valence-corrected chi connectivity index (χ3v) is 4.12. The fourth-order valence-electron chi connectivity index (χ4n) is 1.19. The van der Waals surface area contributed by atoms with Gasteiger partial charge in [0.25, 0.3) is 0 Å². The molecule has 0 spiro atoms. The van der Waals surface area contributed by atoms with Crippen LogP contribution in [0, 0.1) is 0 Å².